The number of anilines is 1. The van der Waals surface area contributed by atoms with Gasteiger partial charge in [0.2, 0.25) is 0 Å². The fraction of sp³-hybridized carbons (Fsp3) is 0. The molecule has 0 radical (unpaired) electrons. The molecule has 0 fully saturated rings. The van der Waals surface area contributed by atoms with E-state index in [9.17, 15) is 8.42 Å². The Labute approximate surface area is 108 Å². The van der Waals surface area contributed by atoms with Crippen LogP contribution in [0.4, 0.5) is 5.82 Å². The van der Waals surface area contributed by atoms with Crippen LogP contribution in [0.25, 0.3) is 0 Å². The number of nitrogens with zero attached hydrogens (tertiary/aromatic N) is 2. The van der Waals surface area contributed by atoms with Crippen LogP contribution in [0.5, 0.6) is 0 Å². The highest BCUT2D eigenvalue weighted by molar-refractivity contribution is 7.92. The van der Waals surface area contributed by atoms with Crippen molar-refractivity contribution in [3.63, 3.8) is 0 Å². The Hall–Kier alpha value is -2.04. The Kier molecular flexibility index (Phi) is 3.23. The summed E-state index contributed by atoms with van der Waals surface area (Å²) >= 11 is 5.81. The Morgan fingerprint density at radius 2 is 2.17 bits per heavy atom. The van der Waals surface area contributed by atoms with E-state index in [0.29, 0.717) is 0 Å². The second-order valence-corrected chi connectivity index (χ2v) is 5.31. The first-order valence-electron chi connectivity index (χ1n) is 4.66. The zero-order chi connectivity index (χ0) is 13.2. The Bertz CT molecular complexity index is 704. The van der Waals surface area contributed by atoms with Crippen LogP contribution in [0.3, 0.4) is 0 Å². The molecule has 0 unspecified atom stereocenters. The SMILES string of the molecule is N#Cc1ccc(Cl)c(S(=O)(=O)Nc2ccon2)c1. The minimum absolute atomic E-state index is 0.0185. The quantitative estimate of drug-likeness (QED) is 0.929. The molecule has 0 aliphatic heterocycles. The van der Waals surface area contributed by atoms with E-state index < -0.39 is 10.0 Å². The summed E-state index contributed by atoms with van der Waals surface area (Å²) in [7, 11) is -3.90. The summed E-state index contributed by atoms with van der Waals surface area (Å²) in [6.45, 7) is 0. The van der Waals surface area contributed by atoms with Crippen LogP contribution in [0, 0.1) is 11.3 Å². The first-order chi connectivity index (χ1) is 8.53. The second kappa shape index (κ2) is 4.68. The molecule has 0 spiro atoms. The van der Waals surface area contributed by atoms with Crippen molar-refractivity contribution in [2.24, 2.45) is 0 Å². The van der Waals surface area contributed by atoms with E-state index in [4.69, 9.17) is 16.9 Å². The Morgan fingerprint density at radius 3 is 2.78 bits per heavy atom. The average Bonchev–Trinajstić information content (AvgIpc) is 2.81. The first kappa shape index (κ1) is 12.4. The number of benzene rings is 1. The third-order valence-corrected chi connectivity index (χ3v) is 3.86. The van der Waals surface area contributed by atoms with Gasteiger partial charge in [0.05, 0.1) is 16.7 Å². The van der Waals surface area contributed by atoms with Crippen molar-refractivity contribution >= 4 is 27.4 Å². The number of aromatic nitrogens is 1. The average molecular weight is 284 g/mol. The van der Waals surface area contributed by atoms with E-state index in [2.05, 4.69) is 14.4 Å². The van der Waals surface area contributed by atoms with Gasteiger partial charge in [0, 0.05) is 6.07 Å². The van der Waals surface area contributed by atoms with Crippen molar-refractivity contribution in [2.45, 2.75) is 4.90 Å². The smallest absolute Gasteiger partial charge is 0.264 e. The second-order valence-electron chi connectivity index (χ2n) is 3.25. The number of nitriles is 1. The summed E-state index contributed by atoms with van der Waals surface area (Å²) < 4.78 is 30.7. The molecule has 0 bridgehead atoms. The highest BCUT2D eigenvalue weighted by Gasteiger charge is 2.19. The van der Waals surface area contributed by atoms with Gasteiger partial charge in [-0.25, -0.2) is 8.42 Å². The molecule has 2 rings (SSSR count). The van der Waals surface area contributed by atoms with Crippen LogP contribution in [-0.2, 0) is 10.0 Å². The lowest BCUT2D eigenvalue weighted by Gasteiger charge is -2.06. The minimum atomic E-state index is -3.90. The predicted molar refractivity (Wildman–Crippen MR) is 63.5 cm³/mol. The van der Waals surface area contributed by atoms with Crippen LogP contribution in [0.1, 0.15) is 5.56 Å². The molecule has 0 amide bonds. The van der Waals surface area contributed by atoms with Crippen LogP contribution in [0.15, 0.2) is 39.9 Å². The summed E-state index contributed by atoms with van der Waals surface area (Å²) in [5, 5.41) is 12.2. The molecule has 2 aromatic rings. The molecule has 8 heteroatoms. The molecule has 0 saturated heterocycles. The van der Waals surface area contributed by atoms with Crippen LogP contribution in [-0.4, -0.2) is 13.6 Å². The van der Waals surface area contributed by atoms with Gasteiger partial charge in [-0.05, 0) is 18.2 Å². The molecular weight excluding hydrogens is 278 g/mol. The first-order valence-corrected chi connectivity index (χ1v) is 6.52. The van der Waals surface area contributed by atoms with Gasteiger partial charge >= 0.3 is 0 Å². The van der Waals surface area contributed by atoms with E-state index in [0.717, 1.165) is 0 Å². The highest BCUT2D eigenvalue weighted by Crippen LogP contribution is 2.24. The molecule has 1 heterocycles. The summed E-state index contributed by atoms with van der Waals surface area (Å²) in [4.78, 5) is -0.189. The Balaban J connectivity index is 2.44. The van der Waals surface area contributed by atoms with Crippen LogP contribution < -0.4 is 4.72 Å². The van der Waals surface area contributed by atoms with Gasteiger partial charge < -0.3 is 4.52 Å². The van der Waals surface area contributed by atoms with Crippen LogP contribution >= 0.6 is 11.6 Å². The number of hydrogen-bond acceptors (Lipinski definition) is 5. The van der Waals surface area contributed by atoms with Gasteiger partial charge in [-0.1, -0.05) is 16.8 Å². The third kappa shape index (κ3) is 2.45. The van der Waals surface area contributed by atoms with Crippen molar-refractivity contribution in [3.05, 3.63) is 41.1 Å². The standard InChI is InChI=1S/C10H6ClN3O3S/c11-8-2-1-7(6-12)5-9(8)18(15,16)14-10-3-4-17-13-10/h1-5H,(H,13,14). The number of nitrogens with one attached hydrogen (secondary N) is 1. The summed E-state index contributed by atoms with van der Waals surface area (Å²) in [6.07, 6.45) is 1.23. The van der Waals surface area contributed by atoms with Gasteiger partial charge in [-0.2, -0.15) is 5.26 Å². The molecule has 6 nitrogen and oxygen atoms in total. The molecular formula is C10H6ClN3O3S. The number of rotatable bonds is 3. The van der Waals surface area contributed by atoms with Crippen molar-refractivity contribution in [1.82, 2.24) is 5.16 Å². The van der Waals surface area contributed by atoms with Gasteiger partial charge in [-0.15, -0.1) is 0 Å². The fourth-order valence-corrected chi connectivity index (χ4v) is 2.76. The lowest BCUT2D eigenvalue weighted by atomic mass is 10.2. The molecule has 18 heavy (non-hydrogen) atoms. The molecule has 92 valence electrons. The summed E-state index contributed by atoms with van der Waals surface area (Å²) in [5.41, 5.74) is 0.194. The van der Waals surface area contributed by atoms with Crippen molar-refractivity contribution < 1.29 is 12.9 Å². The molecule has 1 aromatic heterocycles. The summed E-state index contributed by atoms with van der Waals surface area (Å²) in [5.74, 6) is 0.0356. The number of sulfonamides is 1. The number of hydrogen-bond donors (Lipinski definition) is 1. The topological polar surface area (TPSA) is 96.0 Å². The van der Waals surface area contributed by atoms with E-state index in [1.807, 2.05) is 6.07 Å². The molecule has 1 N–H and O–H groups in total. The van der Waals surface area contributed by atoms with E-state index in [-0.39, 0.29) is 21.3 Å². The predicted octanol–water partition coefficient (Wildman–Crippen LogP) is 2.00. The van der Waals surface area contributed by atoms with Crippen molar-refractivity contribution in [2.75, 3.05) is 4.72 Å². The largest absolute Gasteiger partial charge is 0.363 e. The normalized spacial score (nSPS) is 10.9. The van der Waals surface area contributed by atoms with Gasteiger partial charge in [0.1, 0.15) is 11.2 Å². The van der Waals surface area contributed by atoms with Gasteiger partial charge in [-0.3, -0.25) is 4.72 Å². The lowest BCUT2D eigenvalue weighted by molar-refractivity contribution is 0.423. The van der Waals surface area contributed by atoms with Crippen molar-refractivity contribution in [3.8, 4) is 6.07 Å². The fourth-order valence-electron chi connectivity index (χ4n) is 1.24. The minimum Gasteiger partial charge on any atom is -0.363 e. The van der Waals surface area contributed by atoms with E-state index in [1.54, 1.807) is 0 Å². The molecule has 0 saturated carbocycles. The maximum atomic E-state index is 12.0. The Morgan fingerprint density at radius 1 is 1.39 bits per heavy atom. The zero-order valence-electron chi connectivity index (χ0n) is 8.79. The third-order valence-electron chi connectivity index (χ3n) is 2.03. The van der Waals surface area contributed by atoms with Gasteiger partial charge in [0.25, 0.3) is 10.0 Å². The van der Waals surface area contributed by atoms with Crippen molar-refractivity contribution in [1.29, 1.82) is 5.26 Å². The maximum absolute atomic E-state index is 12.0. The molecule has 1 aromatic carbocycles. The summed E-state index contributed by atoms with van der Waals surface area (Å²) in [6, 6.07) is 7.15. The monoisotopic (exact) mass is 283 g/mol. The van der Waals surface area contributed by atoms with E-state index >= 15 is 0 Å². The highest BCUT2D eigenvalue weighted by atomic mass is 35.5. The zero-order valence-corrected chi connectivity index (χ0v) is 10.4. The molecule has 0 aliphatic rings. The molecule has 0 atom stereocenters. The van der Waals surface area contributed by atoms with Crippen LogP contribution in [0.2, 0.25) is 5.02 Å². The van der Waals surface area contributed by atoms with E-state index in [1.165, 1.54) is 30.5 Å². The number of halogens is 1. The maximum Gasteiger partial charge on any atom is 0.264 e. The molecule has 0 aliphatic carbocycles. The van der Waals surface area contributed by atoms with Gasteiger partial charge in [0.15, 0.2) is 5.82 Å². The lowest BCUT2D eigenvalue weighted by Crippen LogP contribution is -2.13.